The van der Waals surface area contributed by atoms with E-state index in [2.05, 4.69) is 0 Å². The average molecular weight is 162 g/mol. The zero-order valence-corrected chi connectivity index (χ0v) is 7.02. The Hall–Kier alpha value is -0.300. The van der Waals surface area contributed by atoms with E-state index in [1.807, 2.05) is 0 Å². The summed E-state index contributed by atoms with van der Waals surface area (Å²) in [7, 11) is -2.41. The summed E-state index contributed by atoms with van der Waals surface area (Å²) < 4.78 is 11.4. The van der Waals surface area contributed by atoms with Crippen LogP contribution in [-0.4, -0.2) is 29.6 Å². The zero-order valence-electron chi connectivity index (χ0n) is 6.13. The van der Waals surface area contributed by atoms with Crippen molar-refractivity contribution in [2.75, 3.05) is 13.3 Å². The molecule has 0 aliphatic heterocycles. The van der Waals surface area contributed by atoms with Crippen LogP contribution in [-0.2, 0) is 9.36 Å². The highest BCUT2D eigenvalue weighted by Crippen LogP contribution is 2.65. The first-order chi connectivity index (χ1) is 4.40. The van der Waals surface area contributed by atoms with E-state index in [1.54, 1.807) is 13.3 Å². The van der Waals surface area contributed by atoms with Crippen LogP contribution >= 0.6 is 7.14 Å². The molecule has 1 fully saturated rings. The van der Waals surface area contributed by atoms with Gasteiger partial charge in [-0.2, -0.15) is 0 Å². The van der Waals surface area contributed by atoms with Crippen molar-refractivity contribution in [2.24, 2.45) is 0 Å². The molecule has 0 heterocycles. The van der Waals surface area contributed by atoms with Gasteiger partial charge in [0.25, 0.3) is 0 Å². The number of carbonyl (C=O) groups is 1. The molecule has 1 saturated carbocycles. The lowest BCUT2D eigenvalue weighted by Gasteiger charge is -2.13. The first-order valence-corrected chi connectivity index (χ1v) is 5.79. The first kappa shape index (κ1) is 7.80. The van der Waals surface area contributed by atoms with E-state index >= 15 is 0 Å². The number of carboxylic acid groups (broad SMARTS) is 1. The minimum absolute atomic E-state index is 0.590. The molecule has 0 saturated heterocycles. The minimum Gasteiger partial charge on any atom is -0.480 e. The van der Waals surface area contributed by atoms with Gasteiger partial charge in [-0.05, 0) is 26.2 Å². The number of rotatable bonds is 2. The van der Waals surface area contributed by atoms with E-state index in [0.717, 1.165) is 0 Å². The highest BCUT2D eigenvalue weighted by atomic mass is 31.2. The van der Waals surface area contributed by atoms with Gasteiger partial charge in [0.05, 0.1) is 7.14 Å². The molecule has 0 aromatic rings. The smallest absolute Gasteiger partial charge is 0.317 e. The molecule has 0 radical (unpaired) electrons. The van der Waals surface area contributed by atoms with Crippen molar-refractivity contribution in [3.63, 3.8) is 0 Å². The van der Waals surface area contributed by atoms with Crippen molar-refractivity contribution in [1.29, 1.82) is 0 Å². The third-order valence-electron chi connectivity index (χ3n) is 2.15. The molecule has 0 spiro atoms. The molecule has 58 valence electrons. The molecule has 0 bridgehead atoms. The van der Waals surface area contributed by atoms with Gasteiger partial charge in [0.1, 0.15) is 5.16 Å². The van der Waals surface area contributed by atoms with Gasteiger partial charge in [-0.25, -0.2) is 0 Å². The van der Waals surface area contributed by atoms with Crippen molar-refractivity contribution < 1.29 is 14.5 Å². The van der Waals surface area contributed by atoms with Crippen molar-refractivity contribution in [1.82, 2.24) is 0 Å². The van der Waals surface area contributed by atoms with Crippen molar-refractivity contribution in [3.05, 3.63) is 0 Å². The molecule has 10 heavy (non-hydrogen) atoms. The summed E-state index contributed by atoms with van der Waals surface area (Å²) in [6, 6.07) is 0. The summed E-state index contributed by atoms with van der Waals surface area (Å²) in [5.74, 6) is -0.888. The lowest BCUT2D eigenvalue weighted by molar-refractivity contribution is -0.137. The Balaban J connectivity index is 2.91. The van der Waals surface area contributed by atoms with E-state index in [0.29, 0.717) is 12.8 Å². The molecule has 4 heteroatoms. The summed E-state index contributed by atoms with van der Waals surface area (Å²) in [4.78, 5) is 10.6. The van der Waals surface area contributed by atoms with Gasteiger partial charge in [-0.1, -0.05) is 0 Å². The van der Waals surface area contributed by atoms with Crippen LogP contribution in [0.4, 0.5) is 0 Å². The molecule has 0 aromatic heterocycles. The SMILES string of the molecule is CP(C)(=O)C1(C(=O)O)CC1. The largest absolute Gasteiger partial charge is 0.480 e. The summed E-state index contributed by atoms with van der Waals surface area (Å²) in [5, 5.41) is 7.83. The minimum atomic E-state index is -2.41. The number of aliphatic carboxylic acids is 1. The molecule has 0 aromatic carbocycles. The molecule has 0 atom stereocenters. The second-order valence-corrected chi connectivity index (χ2v) is 6.75. The van der Waals surface area contributed by atoms with E-state index in [-0.39, 0.29) is 0 Å². The van der Waals surface area contributed by atoms with Gasteiger partial charge in [0.15, 0.2) is 0 Å². The van der Waals surface area contributed by atoms with Crippen LogP contribution in [0.25, 0.3) is 0 Å². The van der Waals surface area contributed by atoms with Crippen molar-refractivity contribution in [3.8, 4) is 0 Å². The fourth-order valence-corrected chi connectivity index (χ4v) is 2.75. The van der Waals surface area contributed by atoms with Gasteiger partial charge >= 0.3 is 5.97 Å². The van der Waals surface area contributed by atoms with Gasteiger partial charge in [-0.3, -0.25) is 4.79 Å². The summed E-state index contributed by atoms with van der Waals surface area (Å²) in [6.07, 6.45) is 1.18. The van der Waals surface area contributed by atoms with Gasteiger partial charge in [0.2, 0.25) is 0 Å². The zero-order chi connectivity index (χ0) is 7.99. The highest BCUT2D eigenvalue weighted by Gasteiger charge is 2.58. The molecule has 0 unspecified atom stereocenters. The molecule has 1 aliphatic carbocycles. The van der Waals surface area contributed by atoms with E-state index in [1.165, 1.54) is 0 Å². The Morgan fingerprint density at radius 3 is 1.90 bits per heavy atom. The maximum absolute atomic E-state index is 11.4. The standard InChI is InChI=1S/C6H11O3P/c1-10(2,9)6(3-4-6)5(7)8/h3-4H2,1-2H3,(H,7,8). The molecule has 1 rings (SSSR count). The van der Waals surface area contributed by atoms with Crippen molar-refractivity contribution >= 4 is 13.1 Å². The summed E-state index contributed by atoms with van der Waals surface area (Å²) in [5.41, 5.74) is 0. The summed E-state index contributed by atoms with van der Waals surface area (Å²) in [6.45, 7) is 3.10. The lowest BCUT2D eigenvalue weighted by Crippen LogP contribution is -2.21. The fourth-order valence-electron chi connectivity index (χ4n) is 1.10. The van der Waals surface area contributed by atoms with Crippen LogP contribution in [0.3, 0.4) is 0 Å². The molecule has 1 N–H and O–H groups in total. The van der Waals surface area contributed by atoms with Crippen LogP contribution in [0.2, 0.25) is 0 Å². The molecule has 1 aliphatic rings. The van der Waals surface area contributed by atoms with E-state index < -0.39 is 18.3 Å². The topological polar surface area (TPSA) is 54.4 Å². The lowest BCUT2D eigenvalue weighted by atomic mass is 10.4. The Bertz CT molecular complexity index is 211. The second kappa shape index (κ2) is 1.85. The number of carboxylic acids is 1. The van der Waals surface area contributed by atoms with Crippen LogP contribution in [0, 0.1) is 0 Å². The number of hydrogen-bond acceptors (Lipinski definition) is 2. The van der Waals surface area contributed by atoms with Crippen LogP contribution < -0.4 is 0 Å². The van der Waals surface area contributed by atoms with Gasteiger partial charge in [-0.15, -0.1) is 0 Å². The van der Waals surface area contributed by atoms with Crippen LogP contribution in [0.5, 0.6) is 0 Å². The highest BCUT2D eigenvalue weighted by molar-refractivity contribution is 7.65. The van der Waals surface area contributed by atoms with E-state index in [9.17, 15) is 9.36 Å². The molecule has 3 nitrogen and oxygen atoms in total. The maximum Gasteiger partial charge on any atom is 0.317 e. The molecular weight excluding hydrogens is 151 g/mol. The predicted molar refractivity (Wildman–Crippen MR) is 39.1 cm³/mol. The average Bonchev–Trinajstić information content (AvgIpc) is 2.36. The third kappa shape index (κ3) is 0.891. The Labute approximate surface area is 59.8 Å². The monoisotopic (exact) mass is 162 g/mol. The van der Waals surface area contributed by atoms with E-state index in [4.69, 9.17) is 5.11 Å². The third-order valence-corrected chi connectivity index (χ3v) is 4.85. The fraction of sp³-hybridized carbons (Fsp3) is 0.833. The normalized spacial score (nSPS) is 22.2. The van der Waals surface area contributed by atoms with Crippen LogP contribution in [0.1, 0.15) is 12.8 Å². The number of hydrogen-bond donors (Lipinski definition) is 1. The van der Waals surface area contributed by atoms with Gasteiger partial charge < -0.3 is 9.67 Å². The van der Waals surface area contributed by atoms with Gasteiger partial charge in [0, 0.05) is 0 Å². The first-order valence-electron chi connectivity index (χ1n) is 3.19. The second-order valence-electron chi connectivity index (χ2n) is 3.19. The summed E-state index contributed by atoms with van der Waals surface area (Å²) >= 11 is 0. The van der Waals surface area contributed by atoms with Crippen LogP contribution in [0.15, 0.2) is 0 Å². The molecule has 0 amide bonds. The Kier molecular flexibility index (Phi) is 1.44. The quantitative estimate of drug-likeness (QED) is 0.621. The maximum atomic E-state index is 11.4. The Morgan fingerprint density at radius 1 is 1.50 bits per heavy atom. The molecular formula is C6H11O3P. The Morgan fingerprint density at radius 2 is 1.90 bits per heavy atom. The predicted octanol–water partition coefficient (Wildman–Crippen LogP) is 1.23. The van der Waals surface area contributed by atoms with Crippen molar-refractivity contribution in [2.45, 2.75) is 18.0 Å².